The highest BCUT2D eigenvalue weighted by molar-refractivity contribution is 9.11. The summed E-state index contributed by atoms with van der Waals surface area (Å²) in [5, 5.41) is 5.73. The molecule has 0 atom stereocenters. The highest BCUT2D eigenvalue weighted by Gasteiger charge is 2.37. The van der Waals surface area contributed by atoms with Gasteiger partial charge < -0.3 is 10.1 Å². The van der Waals surface area contributed by atoms with Gasteiger partial charge in [-0.05, 0) is 98.1 Å². The van der Waals surface area contributed by atoms with Gasteiger partial charge in [-0.15, -0.1) is 0 Å². The third-order valence-corrected chi connectivity index (χ3v) is 6.64. The third-order valence-electron chi connectivity index (χ3n) is 4.98. The van der Waals surface area contributed by atoms with Crippen LogP contribution in [0.1, 0.15) is 5.56 Å². The average molecular weight is 668 g/mol. The predicted molar refractivity (Wildman–Crippen MR) is 148 cm³/mol. The SMILES string of the molecule is O=C(COc1c(Br)cc(/C=C2\C(=O)NC(=O)N(c3cccc(Cl)c3)C2=O)cc1Br)Nc1ccc(Cl)cc1. The fourth-order valence-corrected chi connectivity index (χ4v) is 5.10. The first kappa shape index (κ1) is 26.9. The summed E-state index contributed by atoms with van der Waals surface area (Å²) < 4.78 is 6.56. The lowest BCUT2D eigenvalue weighted by molar-refractivity contribution is -0.122. The molecule has 188 valence electrons. The molecule has 0 radical (unpaired) electrons. The number of rotatable bonds is 6. The number of carbonyl (C=O) groups excluding carboxylic acids is 4. The van der Waals surface area contributed by atoms with Crippen molar-refractivity contribution >= 4 is 96.3 Å². The molecule has 1 heterocycles. The molecule has 0 spiro atoms. The Bertz CT molecular complexity index is 1440. The Morgan fingerprint density at radius 1 is 0.973 bits per heavy atom. The smallest absolute Gasteiger partial charge is 0.335 e. The summed E-state index contributed by atoms with van der Waals surface area (Å²) in [7, 11) is 0. The molecule has 0 aliphatic carbocycles. The maximum Gasteiger partial charge on any atom is 0.335 e. The number of hydrogen-bond donors (Lipinski definition) is 2. The number of hydrogen-bond acceptors (Lipinski definition) is 5. The number of imide groups is 2. The van der Waals surface area contributed by atoms with Gasteiger partial charge in [0.15, 0.2) is 6.61 Å². The van der Waals surface area contributed by atoms with E-state index in [1.165, 1.54) is 18.2 Å². The number of barbiturate groups is 1. The summed E-state index contributed by atoms with van der Waals surface area (Å²) in [5.74, 6) is -1.69. The Kier molecular flexibility index (Phi) is 8.33. The Morgan fingerprint density at radius 3 is 2.30 bits per heavy atom. The molecule has 8 nitrogen and oxygen atoms in total. The van der Waals surface area contributed by atoms with Gasteiger partial charge >= 0.3 is 6.03 Å². The van der Waals surface area contributed by atoms with E-state index in [-0.39, 0.29) is 23.8 Å². The van der Waals surface area contributed by atoms with Gasteiger partial charge in [0.05, 0.1) is 14.6 Å². The molecule has 0 bridgehead atoms. The first-order valence-electron chi connectivity index (χ1n) is 10.5. The van der Waals surface area contributed by atoms with Crippen molar-refractivity contribution < 1.29 is 23.9 Å². The van der Waals surface area contributed by atoms with E-state index in [4.69, 9.17) is 27.9 Å². The molecule has 3 aromatic rings. The van der Waals surface area contributed by atoms with Crippen LogP contribution >= 0.6 is 55.1 Å². The summed E-state index contributed by atoms with van der Waals surface area (Å²) >= 11 is 18.6. The van der Waals surface area contributed by atoms with Gasteiger partial charge in [-0.2, -0.15) is 0 Å². The van der Waals surface area contributed by atoms with Crippen LogP contribution in [-0.4, -0.2) is 30.4 Å². The maximum absolute atomic E-state index is 13.1. The highest BCUT2D eigenvalue weighted by Crippen LogP contribution is 2.36. The van der Waals surface area contributed by atoms with Crippen LogP contribution in [-0.2, 0) is 14.4 Å². The molecule has 3 aromatic carbocycles. The van der Waals surface area contributed by atoms with Crippen LogP contribution in [0, 0.1) is 0 Å². The molecule has 5 amide bonds. The van der Waals surface area contributed by atoms with Crippen LogP contribution in [0.3, 0.4) is 0 Å². The predicted octanol–water partition coefficient (Wildman–Crippen LogP) is 6.20. The van der Waals surface area contributed by atoms with E-state index in [1.807, 2.05) is 0 Å². The summed E-state index contributed by atoms with van der Waals surface area (Å²) in [6.45, 7) is -0.280. The van der Waals surface area contributed by atoms with Crippen LogP contribution in [0.2, 0.25) is 10.0 Å². The molecular formula is C25H15Br2Cl2N3O5. The first-order chi connectivity index (χ1) is 17.6. The van der Waals surface area contributed by atoms with Gasteiger partial charge in [0.25, 0.3) is 17.7 Å². The summed E-state index contributed by atoms with van der Waals surface area (Å²) in [4.78, 5) is 51.0. The van der Waals surface area contributed by atoms with Crippen LogP contribution < -0.4 is 20.3 Å². The second kappa shape index (κ2) is 11.5. The molecule has 1 fully saturated rings. The monoisotopic (exact) mass is 665 g/mol. The van der Waals surface area contributed by atoms with E-state index >= 15 is 0 Å². The molecule has 12 heteroatoms. The molecule has 0 aromatic heterocycles. The zero-order valence-corrected chi connectivity index (χ0v) is 23.2. The number of halogens is 4. The van der Waals surface area contributed by atoms with Gasteiger partial charge in [0.1, 0.15) is 11.3 Å². The second-order valence-electron chi connectivity index (χ2n) is 7.60. The van der Waals surface area contributed by atoms with Gasteiger partial charge in [-0.25, -0.2) is 9.69 Å². The lowest BCUT2D eigenvalue weighted by Crippen LogP contribution is -2.54. The Labute approximate surface area is 237 Å². The minimum absolute atomic E-state index is 0.219. The standard InChI is InChI=1S/C25H15Br2Cl2N3O5/c26-19-9-13(10-20(27)22(19)37-12-21(33)30-16-6-4-14(28)5-7-16)8-18-23(34)31-25(36)32(24(18)35)17-3-1-2-15(29)11-17/h1-11H,12H2,(H,30,33)(H,31,34,36)/b18-8+. The molecule has 2 N–H and O–H groups in total. The van der Waals surface area contributed by atoms with Crippen molar-refractivity contribution in [1.29, 1.82) is 0 Å². The van der Waals surface area contributed by atoms with E-state index in [0.29, 0.717) is 36.0 Å². The third kappa shape index (κ3) is 6.40. The van der Waals surface area contributed by atoms with E-state index in [0.717, 1.165) is 4.90 Å². The molecule has 0 saturated carbocycles. The Balaban J connectivity index is 1.52. The molecule has 1 aliphatic heterocycles. The number of amides is 5. The van der Waals surface area contributed by atoms with E-state index in [2.05, 4.69) is 42.5 Å². The Morgan fingerprint density at radius 2 is 1.65 bits per heavy atom. The molecule has 4 rings (SSSR count). The topological polar surface area (TPSA) is 105 Å². The number of carbonyl (C=O) groups is 4. The number of benzene rings is 3. The summed E-state index contributed by atoms with van der Waals surface area (Å²) in [6, 6.07) is 15.1. The van der Waals surface area contributed by atoms with Gasteiger partial charge in [0, 0.05) is 15.7 Å². The lowest BCUT2D eigenvalue weighted by atomic mass is 10.1. The Hall–Kier alpha value is -3.18. The van der Waals surface area contributed by atoms with Crippen molar-refractivity contribution in [3.63, 3.8) is 0 Å². The molecule has 37 heavy (non-hydrogen) atoms. The van der Waals surface area contributed by atoms with E-state index in [1.54, 1.807) is 48.5 Å². The maximum atomic E-state index is 13.1. The zero-order valence-electron chi connectivity index (χ0n) is 18.6. The molecule has 1 aliphatic rings. The van der Waals surface area contributed by atoms with Gasteiger partial charge in [-0.3, -0.25) is 19.7 Å². The summed E-state index contributed by atoms with van der Waals surface area (Å²) in [5.41, 5.74) is 0.986. The van der Waals surface area contributed by atoms with Crippen molar-refractivity contribution in [2.75, 3.05) is 16.8 Å². The van der Waals surface area contributed by atoms with Crippen LogP contribution in [0.4, 0.5) is 16.2 Å². The largest absolute Gasteiger partial charge is 0.481 e. The van der Waals surface area contributed by atoms with E-state index in [9.17, 15) is 19.2 Å². The average Bonchev–Trinajstić information content (AvgIpc) is 2.82. The van der Waals surface area contributed by atoms with Crippen LogP contribution in [0.5, 0.6) is 5.75 Å². The first-order valence-corrected chi connectivity index (χ1v) is 12.8. The summed E-state index contributed by atoms with van der Waals surface area (Å²) in [6.07, 6.45) is 1.34. The zero-order chi connectivity index (χ0) is 26.7. The molecular weight excluding hydrogens is 653 g/mol. The van der Waals surface area contributed by atoms with Crippen molar-refractivity contribution in [1.82, 2.24) is 5.32 Å². The van der Waals surface area contributed by atoms with Crippen molar-refractivity contribution in [2.45, 2.75) is 0 Å². The minimum atomic E-state index is -0.877. The fraction of sp³-hybridized carbons (Fsp3) is 0.0400. The second-order valence-corrected chi connectivity index (χ2v) is 10.2. The number of anilines is 2. The van der Waals surface area contributed by atoms with Crippen LogP contribution in [0.15, 0.2) is 75.2 Å². The molecule has 0 unspecified atom stereocenters. The lowest BCUT2D eigenvalue weighted by Gasteiger charge is -2.26. The highest BCUT2D eigenvalue weighted by atomic mass is 79.9. The fourth-order valence-electron chi connectivity index (χ4n) is 3.34. The minimum Gasteiger partial charge on any atom is -0.481 e. The number of nitrogens with zero attached hydrogens (tertiary/aromatic N) is 1. The van der Waals surface area contributed by atoms with Gasteiger partial charge in [-0.1, -0.05) is 29.3 Å². The van der Waals surface area contributed by atoms with Crippen molar-refractivity contribution in [3.05, 3.63) is 90.8 Å². The number of nitrogens with one attached hydrogen (secondary N) is 2. The van der Waals surface area contributed by atoms with Crippen molar-refractivity contribution in [3.8, 4) is 5.75 Å². The quantitative estimate of drug-likeness (QED) is 0.241. The van der Waals surface area contributed by atoms with Crippen molar-refractivity contribution in [2.24, 2.45) is 0 Å². The molecule has 1 saturated heterocycles. The normalized spacial score (nSPS) is 14.5. The number of urea groups is 1. The number of ether oxygens (including phenoxy) is 1. The van der Waals surface area contributed by atoms with E-state index < -0.39 is 17.8 Å². The van der Waals surface area contributed by atoms with Gasteiger partial charge in [0.2, 0.25) is 0 Å². The van der Waals surface area contributed by atoms with Crippen LogP contribution in [0.25, 0.3) is 6.08 Å².